The molecule has 1 heterocycles. The van der Waals surface area contributed by atoms with E-state index in [1.807, 2.05) is 27.7 Å². The van der Waals surface area contributed by atoms with Gasteiger partial charge < -0.3 is 9.47 Å². The van der Waals surface area contributed by atoms with Gasteiger partial charge in [0.15, 0.2) is 0 Å². The molecule has 2 aromatic rings. The highest BCUT2D eigenvalue weighted by atomic mass is 16.6. The maximum Gasteiger partial charge on any atom is 0.148 e. The summed E-state index contributed by atoms with van der Waals surface area (Å²) in [5.41, 5.74) is 6.29. The van der Waals surface area contributed by atoms with Crippen molar-refractivity contribution in [3.05, 3.63) is 64.2 Å². The highest BCUT2D eigenvalue weighted by Gasteiger charge is 2.53. The van der Waals surface area contributed by atoms with Gasteiger partial charge in [0.2, 0.25) is 0 Å². The van der Waals surface area contributed by atoms with Gasteiger partial charge in [0, 0.05) is 11.0 Å². The highest BCUT2D eigenvalue weighted by Crippen LogP contribution is 2.44. The van der Waals surface area contributed by atoms with Crippen molar-refractivity contribution in [2.45, 2.75) is 138 Å². The molecule has 0 aromatic heterocycles. The first kappa shape index (κ1) is 33.8. The SMILES string of the molecule is CC.CC.CCCCC1(CC)OC1C#Cc1ccc(C(CC)(CC)c2ccc(OCCC)c(C)c2)cc1C. The Kier molecular flexibility index (Phi) is 14.8. The number of hydrogen-bond acceptors (Lipinski definition) is 2. The molecule has 212 valence electrons. The van der Waals surface area contributed by atoms with Gasteiger partial charge >= 0.3 is 0 Å². The molecule has 2 heteroatoms. The van der Waals surface area contributed by atoms with E-state index in [0.717, 1.165) is 50.0 Å². The van der Waals surface area contributed by atoms with Gasteiger partial charge in [-0.3, -0.25) is 0 Å². The summed E-state index contributed by atoms with van der Waals surface area (Å²) in [4.78, 5) is 0. The van der Waals surface area contributed by atoms with Crippen molar-refractivity contribution in [1.82, 2.24) is 0 Å². The minimum Gasteiger partial charge on any atom is -0.493 e. The van der Waals surface area contributed by atoms with E-state index in [9.17, 15) is 0 Å². The third-order valence-electron chi connectivity index (χ3n) is 7.84. The van der Waals surface area contributed by atoms with E-state index >= 15 is 0 Å². The second-order valence-corrected chi connectivity index (χ2v) is 9.94. The van der Waals surface area contributed by atoms with Gasteiger partial charge in [0.1, 0.15) is 17.5 Å². The van der Waals surface area contributed by atoms with Crippen LogP contribution in [0.5, 0.6) is 5.75 Å². The van der Waals surface area contributed by atoms with E-state index in [2.05, 4.69) is 96.7 Å². The number of rotatable bonds is 11. The standard InChI is InChI=1S/C32H44O2.2C2H6/c1-8-13-20-32(12-5)30(34-32)19-15-26-14-16-27(22-24(26)6)31(10-3,11-4)28-17-18-29(25(7)23-28)33-21-9-2;2*1-2/h14,16-18,22-23,30H,8-13,20-21H2,1-7H3;2*1-2H3. The number of unbranched alkanes of at least 4 members (excludes halogenated alkanes) is 1. The maximum atomic E-state index is 6.05. The average Bonchev–Trinajstić information content (AvgIpc) is 3.67. The van der Waals surface area contributed by atoms with Crippen molar-refractivity contribution in [2.75, 3.05) is 6.61 Å². The summed E-state index contributed by atoms with van der Waals surface area (Å²) < 4.78 is 12.0. The molecular formula is C36H56O2. The summed E-state index contributed by atoms with van der Waals surface area (Å²) in [6.45, 7) is 24.3. The topological polar surface area (TPSA) is 21.8 Å². The van der Waals surface area contributed by atoms with Gasteiger partial charge in [-0.05, 0) is 80.3 Å². The maximum absolute atomic E-state index is 6.05. The van der Waals surface area contributed by atoms with E-state index in [4.69, 9.17) is 9.47 Å². The van der Waals surface area contributed by atoms with Gasteiger partial charge in [-0.2, -0.15) is 0 Å². The first-order valence-electron chi connectivity index (χ1n) is 15.4. The van der Waals surface area contributed by atoms with Crippen LogP contribution in [0.4, 0.5) is 0 Å². The monoisotopic (exact) mass is 520 g/mol. The van der Waals surface area contributed by atoms with E-state index in [0.29, 0.717) is 0 Å². The minimum atomic E-state index is -0.0120. The fourth-order valence-electron chi connectivity index (χ4n) is 5.27. The Morgan fingerprint density at radius 2 is 1.45 bits per heavy atom. The van der Waals surface area contributed by atoms with E-state index in [1.165, 1.54) is 35.1 Å². The lowest BCUT2D eigenvalue weighted by atomic mass is 9.70. The Bertz CT molecular complexity index is 1020. The Morgan fingerprint density at radius 1 is 0.842 bits per heavy atom. The summed E-state index contributed by atoms with van der Waals surface area (Å²) in [7, 11) is 0. The molecular weight excluding hydrogens is 464 g/mol. The summed E-state index contributed by atoms with van der Waals surface area (Å²) in [5.74, 6) is 7.86. The Labute approximate surface area is 235 Å². The summed E-state index contributed by atoms with van der Waals surface area (Å²) in [6.07, 6.45) is 7.79. The van der Waals surface area contributed by atoms with Crippen molar-refractivity contribution in [3.8, 4) is 17.6 Å². The second-order valence-electron chi connectivity index (χ2n) is 9.94. The zero-order chi connectivity index (χ0) is 28.8. The summed E-state index contributed by atoms with van der Waals surface area (Å²) in [6, 6.07) is 13.6. The number of aryl methyl sites for hydroxylation is 2. The van der Waals surface area contributed by atoms with Crippen LogP contribution in [0.25, 0.3) is 0 Å². The number of epoxide rings is 1. The van der Waals surface area contributed by atoms with Gasteiger partial charge in [0.25, 0.3) is 0 Å². The smallest absolute Gasteiger partial charge is 0.148 e. The molecule has 2 atom stereocenters. The molecule has 1 fully saturated rings. The first-order chi connectivity index (χ1) is 18.4. The quantitative estimate of drug-likeness (QED) is 0.217. The van der Waals surface area contributed by atoms with Crippen LogP contribution >= 0.6 is 0 Å². The van der Waals surface area contributed by atoms with Gasteiger partial charge in [-0.25, -0.2) is 0 Å². The fraction of sp³-hybridized carbons (Fsp3) is 0.611. The third kappa shape index (κ3) is 7.89. The van der Waals surface area contributed by atoms with Crippen LogP contribution in [0.15, 0.2) is 36.4 Å². The van der Waals surface area contributed by atoms with Crippen molar-refractivity contribution in [2.24, 2.45) is 0 Å². The molecule has 2 unspecified atom stereocenters. The highest BCUT2D eigenvalue weighted by molar-refractivity contribution is 5.50. The van der Waals surface area contributed by atoms with Crippen LogP contribution in [-0.2, 0) is 10.2 Å². The van der Waals surface area contributed by atoms with Crippen molar-refractivity contribution < 1.29 is 9.47 Å². The predicted octanol–water partition coefficient (Wildman–Crippen LogP) is 10.3. The summed E-state index contributed by atoms with van der Waals surface area (Å²) in [5, 5.41) is 0. The van der Waals surface area contributed by atoms with Gasteiger partial charge in [-0.1, -0.05) is 111 Å². The lowest BCUT2D eigenvalue weighted by molar-refractivity contribution is 0.273. The van der Waals surface area contributed by atoms with Crippen LogP contribution in [0, 0.1) is 25.7 Å². The lowest BCUT2D eigenvalue weighted by Crippen LogP contribution is -2.26. The van der Waals surface area contributed by atoms with Crippen molar-refractivity contribution in [1.29, 1.82) is 0 Å². The van der Waals surface area contributed by atoms with Crippen molar-refractivity contribution in [3.63, 3.8) is 0 Å². The molecule has 0 spiro atoms. The molecule has 1 aliphatic heterocycles. The predicted molar refractivity (Wildman–Crippen MR) is 166 cm³/mol. The zero-order valence-electron chi connectivity index (χ0n) is 26.5. The molecule has 0 aliphatic carbocycles. The minimum absolute atomic E-state index is 0.00129. The number of hydrogen-bond donors (Lipinski definition) is 0. The molecule has 0 radical (unpaired) electrons. The Morgan fingerprint density at radius 3 is 1.95 bits per heavy atom. The molecule has 38 heavy (non-hydrogen) atoms. The van der Waals surface area contributed by atoms with Gasteiger partial charge in [-0.15, -0.1) is 0 Å². The molecule has 1 aliphatic rings. The molecule has 0 amide bonds. The van der Waals surface area contributed by atoms with Gasteiger partial charge in [0.05, 0.1) is 6.61 Å². The van der Waals surface area contributed by atoms with Crippen molar-refractivity contribution >= 4 is 0 Å². The molecule has 0 bridgehead atoms. The van der Waals surface area contributed by atoms with Crippen LogP contribution in [-0.4, -0.2) is 18.3 Å². The molecule has 3 rings (SSSR count). The summed E-state index contributed by atoms with van der Waals surface area (Å²) >= 11 is 0. The van der Waals surface area contributed by atoms with Crippen LogP contribution < -0.4 is 4.74 Å². The molecule has 2 nitrogen and oxygen atoms in total. The zero-order valence-corrected chi connectivity index (χ0v) is 26.5. The first-order valence-corrected chi connectivity index (χ1v) is 15.4. The van der Waals surface area contributed by atoms with E-state index in [-0.39, 0.29) is 17.1 Å². The van der Waals surface area contributed by atoms with E-state index < -0.39 is 0 Å². The second kappa shape index (κ2) is 16.7. The normalized spacial score (nSPS) is 17.7. The fourth-order valence-corrected chi connectivity index (χ4v) is 5.27. The third-order valence-corrected chi connectivity index (χ3v) is 7.84. The van der Waals surface area contributed by atoms with Crippen LogP contribution in [0.2, 0.25) is 0 Å². The Balaban J connectivity index is 0.00000172. The largest absolute Gasteiger partial charge is 0.493 e. The molecule has 2 aromatic carbocycles. The Hall–Kier alpha value is -2.24. The number of benzene rings is 2. The average molecular weight is 521 g/mol. The molecule has 0 saturated carbocycles. The lowest BCUT2D eigenvalue weighted by Gasteiger charge is -2.34. The van der Waals surface area contributed by atoms with E-state index in [1.54, 1.807) is 0 Å². The van der Waals surface area contributed by atoms with Crippen LogP contribution in [0.1, 0.15) is 135 Å². The molecule has 1 saturated heterocycles. The number of ether oxygens (including phenoxy) is 2. The van der Waals surface area contributed by atoms with Crippen LogP contribution in [0.3, 0.4) is 0 Å². The molecule has 0 N–H and O–H groups in total.